The molecule has 1 atom stereocenters. The van der Waals surface area contributed by atoms with E-state index in [-0.39, 0.29) is 11.9 Å². The zero-order valence-electron chi connectivity index (χ0n) is 13.1. The van der Waals surface area contributed by atoms with Crippen LogP contribution < -0.4 is 5.73 Å². The van der Waals surface area contributed by atoms with Gasteiger partial charge in [0.25, 0.3) is 5.91 Å². The number of hydrogen-bond acceptors (Lipinski definition) is 4. The molecule has 2 aromatic rings. The zero-order valence-corrected chi connectivity index (χ0v) is 13.9. The van der Waals surface area contributed by atoms with Crippen LogP contribution in [0, 0.1) is 6.92 Å². The molecule has 0 unspecified atom stereocenters. The number of piperidine rings is 1. The lowest BCUT2D eigenvalue weighted by molar-refractivity contribution is 0.0589. The molecule has 23 heavy (non-hydrogen) atoms. The highest BCUT2D eigenvalue weighted by Gasteiger charge is 2.29. The number of likely N-dealkylation sites (tertiary alicyclic amines) is 1. The Balaban J connectivity index is 1.76. The minimum Gasteiger partial charge on any atom is -0.366 e. The fourth-order valence-corrected chi connectivity index (χ4v) is 3.81. The van der Waals surface area contributed by atoms with Gasteiger partial charge in [-0.15, -0.1) is 11.3 Å². The summed E-state index contributed by atoms with van der Waals surface area (Å²) in [4.78, 5) is 26.5. The van der Waals surface area contributed by atoms with Gasteiger partial charge in [0.05, 0.1) is 29.2 Å². The van der Waals surface area contributed by atoms with Crippen LogP contribution in [0.2, 0.25) is 0 Å². The van der Waals surface area contributed by atoms with Crippen molar-refractivity contribution < 1.29 is 9.59 Å². The first kappa shape index (κ1) is 15.7. The van der Waals surface area contributed by atoms with Gasteiger partial charge in [0.1, 0.15) is 0 Å². The summed E-state index contributed by atoms with van der Waals surface area (Å²) >= 11 is 1.28. The summed E-state index contributed by atoms with van der Waals surface area (Å²) < 4.78 is 1.90. The number of hydrogen-bond donors (Lipinski definition) is 1. The van der Waals surface area contributed by atoms with Gasteiger partial charge in [-0.2, -0.15) is 5.10 Å². The number of primary amides is 1. The lowest BCUT2D eigenvalue weighted by atomic mass is 10.0. The average molecular weight is 332 g/mol. The first-order valence-corrected chi connectivity index (χ1v) is 8.61. The fraction of sp³-hybridized carbons (Fsp3) is 0.438. The molecule has 1 aliphatic heterocycles. The first-order valence-electron chi connectivity index (χ1n) is 7.73. The Bertz CT molecular complexity index is 721. The molecular weight excluding hydrogens is 312 g/mol. The number of rotatable bonds is 4. The largest absolute Gasteiger partial charge is 0.366 e. The smallest absolute Gasteiger partial charge is 0.264 e. The van der Waals surface area contributed by atoms with Gasteiger partial charge in [0.15, 0.2) is 0 Å². The van der Waals surface area contributed by atoms with Gasteiger partial charge in [-0.1, -0.05) is 0 Å². The molecule has 0 aliphatic carbocycles. The maximum atomic E-state index is 12.8. The molecule has 3 rings (SSSR count). The molecule has 0 radical (unpaired) electrons. The van der Waals surface area contributed by atoms with E-state index >= 15 is 0 Å². The van der Waals surface area contributed by atoms with Crippen LogP contribution in [0.1, 0.15) is 44.9 Å². The second kappa shape index (κ2) is 6.54. The van der Waals surface area contributed by atoms with Crippen LogP contribution >= 0.6 is 11.3 Å². The number of nitrogens with zero attached hydrogens (tertiary/aromatic N) is 3. The van der Waals surface area contributed by atoms with Crippen molar-refractivity contribution in [1.29, 1.82) is 0 Å². The van der Waals surface area contributed by atoms with Crippen molar-refractivity contribution in [1.82, 2.24) is 14.7 Å². The number of carbonyl (C=O) groups excluding carboxylic acids is 2. The Morgan fingerprint density at radius 3 is 2.91 bits per heavy atom. The van der Waals surface area contributed by atoms with E-state index in [1.807, 2.05) is 28.9 Å². The van der Waals surface area contributed by atoms with Crippen molar-refractivity contribution >= 4 is 23.2 Å². The zero-order chi connectivity index (χ0) is 16.4. The number of amides is 2. The number of aromatic nitrogens is 2. The number of aryl methyl sites for hydroxylation is 1. The topological polar surface area (TPSA) is 81.2 Å². The van der Waals surface area contributed by atoms with E-state index in [2.05, 4.69) is 5.10 Å². The van der Waals surface area contributed by atoms with Gasteiger partial charge >= 0.3 is 0 Å². The van der Waals surface area contributed by atoms with Crippen LogP contribution in [-0.4, -0.2) is 39.1 Å². The molecular formula is C16H20N4O2S. The molecule has 6 nitrogen and oxygen atoms in total. The van der Waals surface area contributed by atoms with E-state index in [1.54, 1.807) is 11.4 Å². The van der Waals surface area contributed by atoms with Crippen LogP contribution in [0.5, 0.6) is 0 Å². The Morgan fingerprint density at radius 1 is 1.43 bits per heavy atom. The summed E-state index contributed by atoms with van der Waals surface area (Å²) in [6.07, 6.45) is 6.92. The van der Waals surface area contributed by atoms with E-state index in [4.69, 9.17) is 5.73 Å². The minimum absolute atomic E-state index is 0.0175. The summed E-state index contributed by atoms with van der Waals surface area (Å²) in [7, 11) is 0. The highest BCUT2D eigenvalue weighted by molar-refractivity contribution is 7.12. The second-order valence-electron chi connectivity index (χ2n) is 5.95. The molecule has 1 fully saturated rings. The summed E-state index contributed by atoms with van der Waals surface area (Å²) in [5.41, 5.74) is 6.78. The van der Waals surface area contributed by atoms with Gasteiger partial charge in [-0.05, 0) is 37.8 Å². The van der Waals surface area contributed by atoms with E-state index in [0.717, 1.165) is 31.4 Å². The summed E-state index contributed by atoms with van der Waals surface area (Å²) in [6.45, 7) is 3.45. The second-order valence-corrected chi connectivity index (χ2v) is 6.86. The average Bonchev–Trinajstić information content (AvgIpc) is 3.16. The van der Waals surface area contributed by atoms with Crippen LogP contribution in [0.3, 0.4) is 0 Å². The molecule has 0 bridgehead atoms. The monoisotopic (exact) mass is 332 g/mol. The van der Waals surface area contributed by atoms with E-state index in [0.29, 0.717) is 17.0 Å². The number of thiophene rings is 1. The summed E-state index contributed by atoms with van der Waals surface area (Å²) in [6, 6.07) is 1.73. The SMILES string of the molecule is Cc1cnn(C[C@@H]2CCCCN2C(=O)c2cc(C(N)=O)cs2)c1. The van der Waals surface area contributed by atoms with Crippen molar-refractivity contribution in [3.8, 4) is 0 Å². The van der Waals surface area contributed by atoms with E-state index < -0.39 is 5.91 Å². The van der Waals surface area contributed by atoms with Crippen molar-refractivity contribution in [2.45, 2.75) is 38.8 Å². The highest BCUT2D eigenvalue weighted by atomic mass is 32.1. The van der Waals surface area contributed by atoms with E-state index in [9.17, 15) is 9.59 Å². The molecule has 2 aromatic heterocycles. The van der Waals surface area contributed by atoms with Gasteiger partial charge < -0.3 is 10.6 Å². The fourth-order valence-electron chi connectivity index (χ4n) is 2.96. The molecule has 2 N–H and O–H groups in total. The quantitative estimate of drug-likeness (QED) is 0.930. The predicted molar refractivity (Wildman–Crippen MR) is 88.5 cm³/mol. The van der Waals surface area contributed by atoms with Crippen molar-refractivity contribution in [2.24, 2.45) is 5.73 Å². The van der Waals surface area contributed by atoms with Crippen molar-refractivity contribution in [3.05, 3.63) is 39.8 Å². The standard InChI is InChI=1S/C16H20N4O2S/c1-11-7-18-19(8-11)9-13-4-2-3-5-20(13)16(22)14-6-12(10-23-14)15(17)21/h6-8,10,13H,2-5,9H2,1H3,(H2,17,21)/t13-/m0/s1. The third-order valence-electron chi connectivity index (χ3n) is 4.14. The van der Waals surface area contributed by atoms with Crippen LogP contribution in [0.4, 0.5) is 0 Å². The molecule has 3 heterocycles. The molecule has 1 saturated heterocycles. The van der Waals surface area contributed by atoms with Crippen LogP contribution in [-0.2, 0) is 6.54 Å². The highest BCUT2D eigenvalue weighted by Crippen LogP contribution is 2.24. The lowest BCUT2D eigenvalue weighted by Gasteiger charge is -2.35. The maximum absolute atomic E-state index is 12.8. The normalized spacial score (nSPS) is 18.1. The van der Waals surface area contributed by atoms with Crippen LogP contribution in [0.25, 0.3) is 0 Å². The maximum Gasteiger partial charge on any atom is 0.264 e. The Kier molecular flexibility index (Phi) is 4.47. The van der Waals surface area contributed by atoms with Gasteiger partial charge in [0.2, 0.25) is 5.91 Å². The third kappa shape index (κ3) is 3.44. The molecule has 0 saturated carbocycles. The van der Waals surface area contributed by atoms with Gasteiger partial charge in [-0.25, -0.2) is 0 Å². The van der Waals surface area contributed by atoms with Crippen molar-refractivity contribution in [2.75, 3.05) is 6.54 Å². The Hall–Kier alpha value is -2.15. The number of nitrogens with two attached hydrogens (primary N) is 1. The Labute approximate surface area is 138 Å². The third-order valence-corrected chi connectivity index (χ3v) is 5.06. The molecule has 1 aliphatic rings. The Morgan fingerprint density at radius 2 is 2.26 bits per heavy atom. The molecule has 7 heteroatoms. The summed E-state index contributed by atoms with van der Waals surface area (Å²) in [5.74, 6) is -0.515. The lowest BCUT2D eigenvalue weighted by Crippen LogP contribution is -2.45. The molecule has 2 amide bonds. The van der Waals surface area contributed by atoms with Gasteiger partial charge in [0, 0.05) is 18.1 Å². The summed E-state index contributed by atoms with van der Waals surface area (Å²) in [5, 5.41) is 5.97. The van der Waals surface area contributed by atoms with Crippen LogP contribution in [0.15, 0.2) is 23.8 Å². The predicted octanol–water partition coefficient (Wildman–Crippen LogP) is 2.05. The first-order chi connectivity index (χ1) is 11.0. The van der Waals surface area contributed by atoms with Crippen molar-refractivity contribution in [3.63, 3.8) is 0 Å². The number of carbonyl (C=O) groups is 2. The molecule has 122 valence electrons. The molecule has 0 spiro atoms. The molecule has 0 aromatic carbocycles. The van der Waals surface area contributed by atoms with E-state index in [1.165, 1.54) is 11.3 Å². The minimum atomic E-state index is -0.498. The van der Waals surface area contributed by atoms with Gasteiger partial charge in [-0.3, -0.25) is 14.3 Å².